The zero-order valence-electron chi connectivity index (χ0n) is 25.6. The van der Waals surface area contributed by atoms with Crippen LogP contribution in [0.1, 0.15) is 27.8 Å². The Morgan fingerprint density at radius 3 is 1.56 bits per heavy atom. The smallest absolute Gasteiger partial charge is 0.0991 e. The average Bonchev–Trinajstić information content (AvgIpc) is 3.09. The number of nitriles is 1. The minimum Gasteiger partial charge on any atom is -0.286 e. The van der Waals surface area contributed by atoms with Crippen molar-refractivity contribution in [2.45, 2.75) is 13.8 Å². The first-order chi connectivity index (χ1) is 22.0. The van der Waals surface area contributed by atoms with E-state index in [1.807, 2.05) is 54.6 Å². The van der Waals surface area contributed by atoms with Crippen LogP contribution in [0, 0.1) is 25.2 Å². The van der Waals surface area contributed by atoms with Gasteiger partial charge in [0.2, 0.25) is 0 Å². The van der Waals surface area contributed by atoms with E-state index < -0.39 is 0 Å². The van der Waals surface area contributed by atoms with Crippen molar-refractivity contribution in [2.75, 3.05) is 7.05 Å². The quantitative estimate of drug-likeness (QED) is 0.176. The SMILES string of the molecule is CN=C(C(=Nc1ccccc1)c1ccc(-c2cc(-c3ccc(C)cc3)nc(-c3ccc(C)cc3)c2)cc1)c1ccc(C#N)cc1. The molecule has 1 aromatic heterocycles. The van der Waals surface area contributed by atoms with Crippen molar-refractivity contribution in [3.63, 3.8) is 0 Å². The van der Waals surface area contributed by atoms with E-state index in [0.717, 1.165) is 61.9 Å². The zero-order valence-corrected chi connectivity index (χ0v) is 25.6. The lowest BCUT2D eigenvalue weighted by molar-refractivity contribution is 1.31. The summed E-state index contributed by atoms with van der Waals surface area (Å²) in [6, 6.07) is 49.4. The molecule has 0 aliphatic carbocycles. The fourth-order valence-corrected chi connectivity index (χ4v) is 5.22. The van der Waals surface area contributed by atoms with Crippen molar-refractivity contribution in [3.8, 4) is 39.7 Å². The van der Waals surface area contributed by atoms with E-state index in [9.17, 15) is 5.26 Å². The third-order valence-corrected chi connectivity index (χ3v) is 7.74. The van der Waals surface area contributed by atoms with Gasteiger partial charge in [-0.1, -0.05) is 114 Å². The summed E-state index contributed by atoms with van der Waals surface area (Å²) in [5.41, 5.74) is 13.4. The van der Waals surface area contributed by atoms with Gasteiger partial charge in [0.25, 0.3) is 0 Å². The van der Waals surface area contributed by atoms with Crippen LogP contribution in [0.3, 0.4) is 0 Å². The van der Waals surface area contributed by atoms with Crippen LogP contribution in [0.4, 0.5) is 5.69 Å². The Morgan fingerprint density at radius 1 is 0.556 bits per heavy atom. The number of para-hydroxylation sites is 1. The normalized spacial score (nSPS) is 11.7. The van der Waals surface area contributed by atoms with E-state index in [0.29, 0.717) is 5.56 Å². The molecule has 0 bridgehead atoms. The first-order valence-corrected chi connectivity index (χ1v) is 14.9. The minimum atomic E-state index is 0.604. The molecule has 0 aliphatic heterocycles. The second-order valence-corrected chi connectivity index (χ2v) is 11.0. The van der Waals surface area contributed by atoms with Crippen LogP contribution >= 0.6 is 0 Å². The van der Waals surface area contributed by atoms with Gasteiger partial charge in [-0.15, -0.1) is 0 Å². The summed E-state index contributed by atoms with van der Waals surface area (Å²) in [7, 11) is 1.78. The molecule has 0 saturated carbocycles. The monoisotopic (exact) mass is 580 g/mol. The van der Waals surface area contributed by atoms with E-state index in [4.69, 9.17) is 9.98 Å². The van der Waals surface area contributed by atoms with Crippen molar-refractivity contribution in [2.24, 2.45) is 9.98 Å². The second-order valence-electron chi connectivity index (χ2n) is 11.0. The molecule has 216 valence electrons. The lowest BCUT2D eigenvalue weighted by Crippen LogP contribution is -2.17. The third kappa shape index (κ3) is 6.69. The zero-order chi connectivity index (χ0) is 31.2. The fraction of sp³-hybridized carbons (Fsp3) is 0.0732. The lowest BCUT2D eigenvalue weighted by atomic mass is 9.95. The summed E-state index contributed by atoms with van der Waals surface area (Å²) in [5.74, 6) is 0. The number of pyridine rings is 1. The van der Waals surface area contributed by atoms with Crippen molar-refractivity contribution < 1.29 is 0 Å². The predicted octanol–water partition coefficient (Wildman–Crippen LogP) is 9.81. The number of aryl methyl sites for hydroxylation is 2. The van der Waals surface area contributed by atoms with Crippen LogP contribution in [0.25, 0.3) is 33.6 Å². The number of aromatic nitrogens is 1. The van der Waals surface area contributed by atoms with Gasteiger partial charge in [0.05, 0.1) is 40.1 Å². The van der Waals surface area contributed by atoms with Crippen LogP contribution in [-0.2, 0) is 0 Å². The molecule has 0 spiro atoms. The first-order valence-electron chi connectivity index (χ1n) is 14.9. The molecule has 45 heavy (non-hydrogen) atoms. The Bertz CT molecular complexity index is 1970. The molecule has 6 aromatic rings. The topological polar surface area (TPSA) is 61.4 Å². The molecule has 0 saturated heterocycles. The van der Waals surface area contributed by atoms with Gasteiger partial charge >= 0.3 is 0 Å². The van der Waals surface area contributed by atoms with E-state index in [2.05, 4.69) is 110 Å². The molecule has 0 unspecified atom stereocenters. The molecule has 0 amide bonds. The molecule has 1 heterocycles. The summed E-state index contributed by atoms with van der Waals surface area (Å²) in [6.07, 6.45) is 0. The maximum Gasteiger partial charge on any atom is 0.0991 e. The van der Waals surface area contributed by atoms with Gasteiger partial charge in [0.15, 0.2) is 0 Å². The maximum atomic E-state index is 9.30. The van der Waals surface area contributed by atoms with E-state index in [1.165, 1.54) is 11.1 Å². The van der Waals surface area contributed by atoms with E-state index in [1.54, 1.807) is 7.05 Å². The van der Waals surface area contributed by atoms with Gasteiger partial charge in [0.1, 0.15) is 0 Å². The highest BCUT2D eigenvalue weighted by Gasteiger charge is 2.16. The van der Waals surface area contributed by atoms with Crippen LogP contribution in [0.5, 0.6) is 0 Å². The summed E-state index contributed by atoms with van der Waals surface area (Å²) in [5, 5.41) is 9.30. The molecule has 0 N–H and O–H groups in total. The van der Waals surface area contributed by atoms with Gasteiger partial charge in [-0.05, 0) is 61.4 Å². The lowest BCUT2D eigenvalue weighted by Gasteiger charge is -2.13. The van der Waals surface area contributed by atoms with Crippen LogP contribution in [0.2, 0.25) is 0 Å². The Hall–Kier alpha value is -5.92. The van der Waals surface area contributed by atoms with Crippen LogP contribution in [-0.4, -0.2) is 23.5 Å². The first kappa shape index (κ1) is 29.2. The summed E-state index contributed by atoms with van der Waals surface area (Å²) in [6.45, 7) is 4.19. The molecule has 0 aliphatic rings. The molecule has 0 atom stereocenters. The molecule has 4 heteroatoms. The van der Waals surface area contributed by atoms with Gasteiger partial charge in [0, 0.05) is 29.3 Å². The standard InChI is InChI=1S/C41H32N4/c1-28-9-15-32(16-10-28)38-25-36(26-39(45-38)33-17-11-29(2)12-18-33)31-21-23-35(24-22-31)41(44-37-7-5-4-6-8-37)40(43-3)34-19-13-30(27-42)14-20-34/h4-26H,1-3H3. The predicted molar refractivity (Wildman–Crippen MR) is 186 cm³/mol. The number of rotatable bonds is 7. The highest BCUT2D eigenvalue weighted by molar-refractivity contribution is 6.54. The largest absolute Gasteiger partial charge is 0.286 e. The van der Waals surface area contributed by atoms with Crippen molar-refractivity contribution in [3.05, 3.63) is 167 Å². The maximum absolute atomic E-state index is 9.30. The molecule has 0 fully saturated rings. The minimum absolute atomic E-state index is 0.604. The Balaban J connectivity index is 1.44. The molecule has 6 rings (SSSR count). The summed E-state index contributed by atoms with van der Waals surface area (Å²) >= 11 is 0. The number of nitrogens with zero attached hydrogens (tertiary/aromatic N) is 4. The summed E-state index contributed by atoms with van der Waals surface area (Å²) in [4.78, 5) is 14.8. The number of hydrogen-bond donors (Lipinski definition) is 0. The van der Waals surface area contributed by atoms with Crippen LogP contribution < -0.4 is 0 Å². The summed E-state index contributed by atoms with van der Waals surface area (Å²) < 4.78 is 0. The van der Waals surface area contributed by atoms with Gasteiger partial charge < -0.3 is 0 Å². The van der Waals surface area contributed by atoms with Crippen molar-refractivity contribution in [1.82, 2.24) is 4.98 Å². The van der Waals surface area contributed by atoms with Gasteiger partial charge in [-0.3, -0.25) is 4.99 Å². The van der Waals surface area contributed by atoms with Crippen molar-refractivity contribution >= 4 is 17.1 Å². The Labute approximate surface area is 264 Å². The molecule has 4 nitrogen and oxygen atoms in total. The van der Waals surface area contributed by atoms with Crippen molar-refractivity contribution in [1.29, 1.82) is 5.26 Å². The van der Waals surface area contributed by atoms with E-state index in [-0.39, 0.29) is 0 Å². The van der Waals surface area contributed by atoms with Crippen LogP contribution in [0.15, 0.2) is 150 Å². The molecular weight excluding hydrogens is 548 g/mol. The highest BCUT2D eigenvalue weighted by atomic mass is 14.8. The molecule has 0 radical (unpaired) electrons. The Kier molecular flexibility index (Phi) is 8.53. The highest BCUT2D eigenvalue weighted by Crippen LogP contribution is 2.31. The van der Waals surface area contributed by atoms with E-state index >= 15 is 0 Å². The average molecular weight is 581 g/mol. The number of benzene rings is 5. The number of aliphatic imine (C=N–C) groups is 2. The molecule has 5 aromatic carbocycles. The number of hydrogen-bond acceptors (Lipinski definition) is 4. The van der Waals surface area contributed by atoms with Gasteiger partial charge in [-0.2, -0.15) is 5.26 Å². The third-order valence-electron chi connectivity index (χ3n) is 7.74. The second kappa shape index (κ2) is 13.2. The molecular formula is C41H32N4. The Morgan fingerprint density at radius 2 is 1.04 bits per heavy atom. The fourth-order valence-electron chi connectivity index (χ4n) is 5.22. The van der Waals surface area contributed by atoms with Gasteiger partial charge in [-0.25, -0.2) is 9.98 Å².